The second-order valence-corrected chi connectivity index (χ2v) is 4.40. The molecule has 96 valence electrons. The van der Waals surface area contributed by atoms with E-state index in [9.17, 15) is 18.0 Å². The van der Waals surface area contributed by atoms with Crippen LogP contribution in [0.25, 0.3) is 5.13 Å². The molecule has 8 heteroatoms. The lowest BCUT2D eigenvalue weighted by Crippen LogP contribution is -2.09. The van der Waals surface area contributed by atoms with Crippen LogP contribution in [0.2, 0.25) is 0 Å². The molecule has 0 fully saturated rings. The van der Waals surface area contributed by atoms with Gasteiger partial charge in [-0.25, -0.2) is 9.78 Å². The number of nitrogens with zero attached hydrogens (tertiary/aromatic N) is 2. The van der Waals surface area contributed by atoms with Gasteiger partial charge in [-0.05, 0) is 6.92 Å². The predicted molar refractivity (Wildman–Crippen MR) is 58.1 cm³/mol. The van der Waals surface area contributed by atoms with Crippen molar-refractivity contribution in [2.24, 2.45) is 0 Å². The maximum absolute atomic E-state index is 12.6. The van der Waals surface area contributed by atoms with E-state index in [2.05, 4.69) is 4.98 Å². The van der Waals surface area contributed by atoms with Gasteiger partial charge in [0.25, 0.3) is 0 Å². The molecule has 0 aliphatic rings. The highest BCUT2D eigenvalue weighted by atomic mass is 32.1. The molecule has 0 atom stereocenters. The van der Waals surface area contributed by atoms with Crippen molar-refractivity contribution < 1.29 is 23.1 Å². The Morgan fingerprint density at radius 3 is 2.50 bits per heavy atom. The fourth-order valence-electron chi connectivity index (χ4n) is 1.42. The number of rotatable bonds is 2. The van der Waals surface area contributed by atoms with Crippen molar-refractivity contribution in [3.63, 3.8) is 0 Å². The van der Waals surface area contributed by atoms with Crippen LogP contribution in [0.1, 0.15) is 21.6 Å². The summed E-state index contributed by atoms with van der Waals surface area (Å²) in [5.41, 5.74) is -1.30. The average Bonchev–Trinajstić information content (AvgIpc) is 2.81. The van der Waals surface area contributed by atoms with Crippen LogP contribution >= 0.6 is 11.3 Å². The van der Waals surface area contributed by atoms with E-state index in [0.717, 1.165) is 28.3 Å². The lowest BCUT2D eigenvalue weighted by atomic mass is 10.2. The molecule has 2 aromatic heterocycles. The number of hydrogen-bond donors (Lipinski definition) is 1. The highest BCUT2D eigenvalue weighted by Crippen LogP contribution is 2.33. The number of hydrogen-bond acceptors (Lipinski definition) is 3. The number of aryl methyl sites for hydroxylation is 1. The lowest BCUT2D eigenvalue weighted by molar-refractivity contribution is -0.138. The van der Waals surface area contributed by atoms with Crippen LogP contribution in [0, 0.1) is 6.92 Å². The first-order valence-corrected chi connectivity index (χ1v) is 5.62. The predicted octanol–water partition coefficient (Wildman–Crippen LogP) is 2.96. The van der Waals surface area contributed by atoms with Gasteiger partial charge in [-0.15, -0.1) is 11.3 Å². The van der Waals surface area contributed by atoms with Crippen molar-refractivity contribution in [3.05, 3.63) is 34.6 Å². The third-order valence-corrected chi connectivity index (χ3v) is 3.16. The molecule has 2 rings (SSSR count). The minimum Gasteiger partial charge on any atom is -0.478 e. The molecule has 0 amide bonds. The Morgan fingerprint density at radius 2 is 2.11 bits per heavy atom. The second-order valence-electron chi connectivity index (χ2n) is 3.57. The summed E-state index contributed by atoms with van der Waals surface area (Å²) in [7, 11) is 0. The minimum absolute atomic E-state index is 0.297. The van der Waals surface area contributed by atoms with E-state index in [-0.39, 0.29) is 0 Å². The fourth-order valence-corrected chi connectivity index (χ4v) is 2.17. The molecule has 0 saturated heterocycles. The molecule has 0 spiro atoms. The summed E-state index contributed by atoms with van der Waals surface area (Å²) in [6, 6.07) is 0. The van der Waals surface area contributed by atoms with Gasteiger partial charge < -0.3 is 5.11 Å². The molecule has 0 aromatic carbocycles. The second kappa shape index (κ2) is 4.13. The zero-order valence-electron chi connectivity index (χ0n) is 9.02. The molecule has 0 aliphatic heterocycles. The SMILES string of the molecule is Cc1csc(-n2cc(C(=O)O)c(C(F)(F)F)c2)n1. The smallest absolute Gasteiger partial charge is 0.418 e. The first-order chi connectivity index (χ1) is 8.29. The Kier molecular flexibility index (Phi) is 2.89. The van der Waals surface area contributed by atoms with Gasteiger partial charge in [0.05, 0.1) is 16.8 Å². The molecule has 2 aromatic rings. The third-order valence-electron chi connectivity index (χ3n) is 2.19. The number of carbonyl (C=O) groups is 1. The Labute approximate surface area is 103 Å². The molecular weight excluding hydrogens is 269 g/mol. The fraction of sp³-hybridized carbons (Fsp3) is 0.200. The standard InChI is InChI=1S/C10H7F3N2O2S/c1-5-4-18-9(14-5)15-2-6(8(16)17)7(3-15)10(11,12)13/h2-4H,1H3,(H,16,17). The number of halogens is 3. The van der Waals surface area contributed by atoms with Crippen LogP contribution in [-0.4, -0.2) is 20.6 Å². The zero-order chi connectivity index (χ0) is 13.5. The van der Waals surface area contributed by atoms with Crippen LogP contribution in [0.15, 0.2) is 17.8 Å². The van der Waals surface area contributed by atoms with Crippen molar-refractivity contribution in [2.75, 3.05) is 0 Å². The number of aromatic carboxylic acids is 1. The summed E-state index contributed by atoms with van der Waals surface area (Å²) >= 11 is 1.14. The van der Waals surface area contributed by atoms with E-state index in [1.165, 1.54) is 0 Å². The number of alkyl halides is 3. The van der Waals surface area contributed by atoms with Gasteiger partial charge in [-0.1, -0.05) is 0 Å². The monoisotopic (exact) mass is 276 g/mol. The maximum atomic E-state index is 12.6. The van der Waals surface area contributed by atoms with E-state index < -0.39 is 23.3 Å². The summed E-state index contributed by atoms with van der Waals surface area (Å²) in [4.78, 5) is 14.8. The van der Waals surface area contributed by atoms with Crippen LogP contribution < -0.4 is 0 Å². The molecule has 0 saturated carbocycles. The molecule has 0 radical (unpaired) electrons. The first-order valence-electron chi connectivity index (χ1n) is 4.74. The van der Waals surface area contributed by atoms with Crippen molar-refractivity contribution in [3.8, 4) is 5.13 Å². The van der Waals surface area contributed by atoms with E-state index in [0.29, 0.717) is 10.8 Å². The van der Waals surface area contributed by atoms with Gasteiger partial charge in [0.1, 0.15) is 0 Å². The molecule has 4 nitrogen and oxygen atoms in total. The lowest BCUT2D eigenvalue weighted by Gasteiger charge is -2.03. The quantitative estimate of drug-likeness (QED) is 0.917. The summed E-state index contributed by atoms with van der Waals surface area (Å²) in [5, 5.41) is 10.7. The number of carboxylic acids is 1. The van der Waals surface area contributed by atoms with E-state index in [1.54, 1.807) is 12.3 Å². The highest BCUT2D eigenvalue weighted by molar-refractivity contribution is 7.12. The van der Waals surface area contributed by atoms with Crippen molar-refractivity contribution in [2.45, 2.75) is 13.1 Å². The van der Waals surface area contributed by atoms with Gasteiger partial charge in [0, 0.05) is 17.8 Å². The van der Waals surface area contributed by atoms with E-state index in [4.69, 9.17) is 5.11 Å². The Balaban J connectivity index is 2.56. The molecule has 1 N–H and O–H groups in total. The molecule has 0 aliphatic carbocycles. The average molecular weight is 276 g/mol. The number of carboxylic acid groups (broad SMARTS) is 1. The van der Waals surface area contributed by atoms with Gasteiger partial charge >= 0.3 is 12.1 Å². The largest absolute Gasteiger partial charge is 0.478 e. The van der Waals surface area contributed by atoms with Gasteiger partial charge in [0.15, 0.2) is 5.13 Å². The van der Waals surface area contributed by atoms with Crippen molar-refractivity contribution in [1.29, 1.82) is 0 Å². The molecule has 0 unspecified atom stereocenters. The van der Waals surface area contributed by atoms with Crippen LogP contribution in [0.4, 0.5) is 13.2 Å². The Morgan fingerprint density at radius 1 is 1.44 bits per heavy atom. The Bertz CT molecular complexity index is 601. The van der Waals surface area contributed by atoms with E-state index >= 15 is 0 Å². The van der Waals surface area contributed by atoms with Crippen LogP contribution in [0.3, 0.4) is 0 Å². The van der Waals surface area contributed by atoms with Crippen LogP contribution in [-0.2, 0) is 6.18 Å². The van der Waals surface area contributed by atoms with Gasteiger partial charge in [0.2, 0.25) is 0 Å². The first kappa shape index (κ1) is 12.6. The summed E-state index contributed by atoms with van der Waals surface area (Å²) < 4.78 is 39.0. The highest BCUT2D eigenvalue weighted by Gasteiger charge is 2.37. The molecule has 2 heterocycles. The summed E-state index contributed by atoms with van der Waals surface area (Å²) in [6.07, 6.45) is -3.05. The normalized spacial score (nSPS) is 11.8. The van der Waals surface area contributed by atoms with Crippen molar-refractivity contribution >= 4 is 17.3 Å². The summed E-state index contributed by atoms with van der Waals surface area (Å²) in [5.74, 6) is -1.62. The van der Waals surface area contributed by atoms with E-state index in [1.807, 2.05) is 0 Å². The molecule has 0 bridgehead atoms. The van der Waals surface area contributed by atoms with Crippen molar-refractivity contribution in [1.82, 2.24) is 9.55 Å². The minimum atomic E-state index is -4.70. The molecule has 18 heavy (non-hydrogen) atoms. The number of aromatic nitrogens is 2. The van der Waals surface area contributed by atoms with Gasteiger partial charge in [-0.3, -0.25) is 4.57 Å². The topological polar surface area (TPSA) is 55.1 Å². The zero-order valence-corrected chi connectivity index (χ0v) is 9.84. The Hall–Kier alpha value is -1.83. The maximum Gasteiger partial charge on any atom is 0.418 e. The third kappa shape index (κ3) is 2.23. The summed E-state index contributed by atoms with van der Waals surface area (Å²) in [6.45, 7) is 1.70. The number of thiazole rings is 1. The molecular formula is C10H7F3N2O2S. The van der Waals surface area contributed by atoms with Gasteiger partial charge in [-0.2, -0.15) is 13.2 Å². The van der Waals surface area contributed by atoms with Crippen LogP contribution in [0.5, 0.6) is 0 Å².